The van der Waals surface area contributed by atoms with Crippen molar-refractivity contribution in [1.82, 2.24) is 0 Å². The molecule has 0 saturated heterocycles. The molecule has 0 heterocycles. The van der Waals surface area contributed by atoms with Gasteiger partial charge in [-0.25, -0.2) is 20.6 Å². The topological polar surface area (TPSA) is 203 Å². The van der Waals surface area contributed by atoms with E-state index in [0.717, 1.165) is 57.0 Å². The van der Waals surface area contributed by atoms with Crippen LogP contribution in [0.25, 0.3) is 0 Å². The number of nitrogens with one attached hydrogen (secondary N) is 4. The van der Waals surface area contributed by atoms with Crippen LogP contribution >= 0.6 is 0 Å². The Morgan fingerprint density at radius 2 is 0.704 bits per heavy atom. The van der Waals surface area contributed by atoms with E-state index in [0.29, 0.717) is 0 Å². The fourth-order valence-corrected chi connectivity index (χ4v) is 4.53. The van der Waals surface area contributed by atoms with Crippen LogP contribution in [0.3, 0.4) is 0 Å². The Morgan fingerprint density at radius 1 is 0.444 bits per heavy atom. The summed E-state index contributed by atoms with van der Waals surface area (Å²) in [5, 5.41) is 36.4. The zero-order valence-corrected chi connectivity index (χ0v) is 29.3. The molecule has 0 spiro atoms. The predicted molar refractivity (Wildman–Crippen MR) is 209 cm³/mol. The predicted octanol–water partition coefficient (Wildman–Crippen LogP) is 5.45. The fraction of sp³-hybridized carbons (Fsp3) is 0.0500. The normalized spacial score (nSPS) is 10.3. The smallest absolute Gasteiger partial charge is 0.285 e. The molecule has 0 amide bonds. The maximum absolute atomic E-state index is 8.25. The molecule has 6 aromatic carbocycles. The summed E-state index contributed by atoms with van der Waals surface area (Å²) in [4.78, 5) is 23.4. The van der Waals surface area contributed by atoms with Crippen LogP contribution in [0.5, 0.6) is 11.5 Å². The van der Waals surface area contributed by atoms with Crippen molar-refractivity contribution >= 4 is 34.4 Å². The number of benzene rings is 6. The van der Waals surface area contributed by atoms with Crippen LogP contribution in [-0.2, 0) is 0 Å². The molecule has 6 rings (SSSR count). The third-order valence-electron chi connectivity index (χ3n) is 6.93. The average Bonchev–Trinajstić information content (AvgIpc) is 3.19. The molecule has 14 nitrogen and oxygen atoms in total. The van der Waals surface area contributed by atoms with Gasteiger partial charge in [0.15, 0.2) is 0 Å². The summed E-state index contributed by atoms with van der Waals surface area (Å²) in [6.45, 7) is 0. The Hall–Kier alpha value is -7.74. The number of methoxy groups -OCH3 is 2. The van der Waals surface area contributed by atoms with Crippen molar-refractivity contribution < 1.29 is 29.6 Å². The summed E-state index contributed by atoms with van der Waals surface area (Å²) < 4.78 is 10.5. The van der Waals surface area contributed by atoms with Crippen molar-refractivity contribution in [3.63, 3.8) is 0 Å². The van der Waals surface area contributed by atoms with E-state index in [-0.39, 0.29) is 0 Å². The van der Waals surface area contributed by atoms with E-state index in [1.165, 1.54) is 0 Å². The summed E-state index contributed by atoms with van der Waals surface area (Å²) in [7, 11) is 3.34. The van der Waals surface area contributed by atoms with Gasteiger partial charge in [0.1, 0.15) is 34.2 Å². The Kier molecular flexibility index (Phi) is 17.2. The lowest BCUT2D eigenvalue weighted by Gasteiger charge is -2.05. The van der Waals surface area contributed by atoms with Gasteiger partial charge in [-0.05, 0) is 97.1 Å². The molecular weight excluding hydrogens is 692 g/mol. The van der Waals surface area contributed by atoms with Crippen LogP contribution in [0, 0.1) is 30.6 Å². The van der Waals surface area contributed by atoms with Gasteiger partial charge >= 0.3 is 0 Å². The van der Waals surface area contributed by atoms with Gasteiger partial charge < -0.3 is 40.1 Å². The lowest BCUT2D eigenvalue weighted by Crippen LogP contribution is -2.68. The quantitative estimate of drug-likeness (QED) is 0.0675. The van der Waals surface area contributed by atoms with E-state index in [1.54, 1.807) is 14.2 Å². The molecule has 0 unspecified atom stereocenters. The van der Waals surface area contributed by atoms with E-state index in [1.807, 2.05) is 170 Å². The summed E-state index contributed by atoms with van der Waals surface area (Å²) in [5.41, 5.74) is 6.23. The summed E-state index contributed by atoms with van der Waals surface area (Å²) in [5.74, 6) is 3.52. The summed E-state index contributed by atoms with van der Waals surface area (Å²) in [6.07, 6.45) is 0. The van der Waals surface area contributed by atoms with Crippen molar-refractivity contribution in [3.8, 4) is 11.5 Å². The van der Waals surface area contributed by atoms with Crippen molar-refractivity contribution in [2.45, 2.75) is 0 Å². The maximum Gasteiger partial charge on any atom is 0.285 e. The van der Waals surface area contributed by atoms with Gasteiger partial charge in [0, 0.05) is 0 Å². The molecule has 0 aliphatic rings. The van der Waals surface area contributed by atoms with Crippen LogP contribution in [0.2, 0.25) is 0 Å². The molecule has 0 fully saturated rings. The van der Waals surface area contributed by atoms with Crippen molar-refractivity contribution in [1.29, 1.82) is 0 Å². The van der Waals surface area contributed by atoms with E-state index in [9.17, 15) is 0 Å². The zero-order valence-electron chi connectivity index (χ0n) is 29.3. The summed E-state index contributed by atoms with van der Waals surface area (Å²) >= 11 is 0. The van der Waals surface area contributed by atoms with Crippen LogP contribution in [0.1, 0.15) is 11.1 Å². The van der Waals surface area contributed by atoms with Crippen molar-refractivity contribution in [2.24, 2.45) is 0 Å². The third kappa shape index (κ3) is 15.9. The SMILES string of the molecule is COc1ccc(C(Nc2ccccc2)=[NH+]c2ccccc2)cc1.COc1ccc(C(Nc2ccccc2)=[NH+]c2ccccc2)cc1.O=[N+]([O-])[O-].O=[N+]([O-])[O-]. The highest BCUT2D eigenvalue weighted by molar-refractivity contribution is 6.05. The molecule has 0 aliphatic carbocycles. The number of para-hydroxylation sites is 4. The number of ether oxygens (including phenoxy) is 2. The van der Waals surface area contributed by atoms with Crippen LogP contribution in [-0.4, -0.2) is 36.1 Å². The minimum Gasteiger partial charge on any atom is -0.497 e. The van der Waals surface area contributed by atoms with Crippen molar-refractivity contribution in [3.05, 3.63) is 212 Å². The number of hydrogen-bond acceptors (Lipinski definition) is 8. The largest absolute Gasteiger partial charge is 0.497 e. The van der Waals surface area contributed by atoms with Crippen molar-refractivity contribution in [2.75, 3.05) is 24.9 Å². The minimum atomic E-state index is -1.75. The number of anilines is 2. The highest BCUT2D eigenvalue weighted by atomic mass is 16.9. The minimum absolute atomic E-state index is 0.840. The molecule has 6 aromatic rings. The van der Waals surface area contributed by atoms with E-state index in [2.05, 4.69) is 20.6 Å². The molecule has 4 N–H and O–H groups in total. The second-order valence-corrected chi connectivity index (χ2v) is 10.6. The first-order valence-electron chi connectivity index (χ1n) is 16.1. The highest BCUT2D eigenvalue weighted by Crippen LogP contribution is 2.14. The Morgan fingerprint density at radius 3 is 0.963 bits per heavy atom. The van der Waals surface area contributed by atoms with Gasteiger partial charge in [0.25, 0.3) is 11.7 Å². The molecule has 0 aromatic heterocycles. The van der Waals surface area contributed by atoms with E-state index >= 15 is 0 Å². The second-order valence-electron chi connectivity index (χ2n) is 10.6. The van der Waals surface area contributed by atoms with Gasteiger partial charge in [-0.1, -0.05) is 72.8 Å². The zero-order chi connectivity index (χ0) is 39.0. The Bertz CT molecular complexity index is 1880. The lowest BCUT2D eigenvalue weighted by molar-refractivity contribution is -0.403. The number of amidine groups is 2. The number of nitrogens with zero attached hydrogens (tertiary/aromatic N) is 2. The monoisotopic (exact) mass is 730 g/mol. The molecule has 276 valence electrons. The number of hydrogen-bond donors (Lipinski definition) is 4. The lowest BCUT2D eigenvalue weighted by atomic mass is 10.2. The molecule has 0 bridgehead atoms. The van der Waals surface area contributed by atoms with Crippen LogP contribution in [0.15, 0.2) is 170 Å². The first-order chi connectivity index (χ1) is 26.2. The molecule has 14 heteroatoms. The van der Waals surface area contributed by atoms with Gasteiger partial charge in [-0.2, -0.15) is 0 Å². The van der Waals surface area contributed by atoms with Gasteiger partial charge in [0.2, 0.25) is 0 Å². The first kappa shape index (κ1) is 40.7. The van der Waals surface area contributed by atoms with Gasteiger partial charge in [0.05, 0.1) is 35.5 Å². The summed E-state index contributed by atoms with van der Waals surface area (Å²) in [6, 6.07) is 56.3. The van der Waals surface area contributed by atoms with Gasteiger partial charge in [-0.15, -0.1) is 0 Å². The van der Waals surface area contributed by atoms with E-state index < -0.39 is 10.2 Å². The average molecular weight is 731 g/mol. The highest BCUT2D eigenvalue weighted by Gasteiger charge is 2.13. The van der Waals surface area contributed by atoms with Gasteiger partial charge in [-0.3, -0.25) is 0 Å². The third-order valence-corrected chi connectivity index (χ3v) is 6.93. The number of rotatable bonds is 8. The van der Waals surface area contributed by atoms with E-state index in [4.69, 9.17) is 40.1 Å². The Labute approximate surface area is 311 Å². The molecule has 54 heavy (non-hydrogen) atoms. The molecule has 0 saturated carbocycles. The second kappa shape index (κ2) is 22.9. The standard InChI is InChI=1S/2C20H18N2O.2NO3/c2*1-23-19-14-12-16(13-15-19)20(21-17-8-4-2-5-9-17)22-18-10-6-3-7-11-18;2*2-1(3)4/h2*2-15H,1H3,(H,21,22);;/q;;2*-1/p+2. The Balaban J connectivity index is 0.000000243. The van der Waals surface area contributed by atoms with Crippen LogP contribution < -0.4 is 30.1 Å². The first-order valence-corrected chi connectivity index (χ1v) is 16.1. The van der Waals surface area contributed by atoms with Crippen LogP contribution in [0.4, 0.5) is 22.7 Å². The molecular formula is C40H38N6O8. The molecule has 0 aliphatic heterocycles. The molecule has 0 atom stereocenters. The maximum atomic E-state index is 8.25. The fourth-order valence-electron chi connectivity index (χ4n) is 4.53. The molecule has 0 radical (unpaired) electrons.